The average Bonchev–Trinajstić information content (AvgIpc) is 2.11. The Hall–Kier alpha value is -0.850. The summed E-state index contributed by atoms with van der Waals surface area (Å²) in [4.78, 5) is 11.2. The molecular weight excluding hydrogens is 148 g/mol. The predicted molar refractivity (Wildman–Crippen MR) is 53.1 cm³/mol. The second-order valence-electron chi connectivity index (χ2n) is 2.73. The maximum atomic E-state index is 11.2. The fourth-order valence-electron chi connectivity index (χ4n) is 1.06. The van der Waals surface area contributed by atoms with Gasteiger partial charge < -0.3 is 0 Å². The van der Waals surface area contributed by atoms with E-state index in [0.29, 0.717) is 6.42 Å². The molecule has 0 aromatic heterocycles. The van der Waals surface area contributed by atoms with Crippen LogP contribution in [0.5, 0.6) is 0 Å². The second kappa shape index (κ2) is 6.84. The third-order valence-electron chi connectivity index (χ3n) is 1.82. The SMILES string of the molecule is C=CCC/C=C(\CC)C(=O)CC. The zero-order chi connectivity index (χ0) is 9.40. The Labute approximate surface area is 75.2 Å². The lowest BCUT2D eigenvalue weighted by molar-refractivity contribution is -0.115. The van der Waals surface area contributed by atoms with Crippen LogP contribution < -0.4 is 0 Å². The lowest BCUT2D eigenvalue weighted by Gasteiger charge is -1.99. The van der Waals surface area contributed by atoms with Crippen molar-refractivity contribution in [3.8, 4) is 0 Å². The van der Waals surface area contributed by atoms with Gasteiger partial charge in [0, 0.05) is 6.42 Å². The van der Waals surface area contributed by atoms with E-state index in [9.17, 15) is 4.79 Å². The molecule has 0 amide bonds. The molecule has 0 saturated carbocycles. The van der Waals surface area contributed by atoms with Crippen molar-refractivity contribution in [2.75, 3.05) is 0 Å². The first kappa shape index (κ1) is 11.2. The fourth-order valence-corrected chi connectivity index (χ4v) is 1.06. The van der Waals surface area contributed by atoms with E-state index < -0.39 is 0 Å². The molecule has 1 heteroatoms. The number of allylic oxidation sites excluding steroid dienone is 3. The number of carbonyl (C=O) groups excluding carboxylic acids is 1. The number of carbonyl (C=O) groups is 1. The van der Waals surface area contributed by atoms with Crippen LogP contribution in [0.15, 0.2) is 24.3 Å². The second-order valence-corrected chi connectivity index (χ2v) is 2.73. The van der Waals surface area contributed by atoms with Gasteiger partial charge in [-0.25, -0.2) is 0 Å². The van der Waals surface area contributed by atoms with Crippen LogP contribution in [0.25, 0.3) is 0 Å². The molecule has 68 valence electrons. The third kappa shape index (κ3) is 4.12. The minimum atomic E-state index is 0.279. The van der Waals surface area contributed by atoms with Gasteiger partial charge in [-0.2, -0.15) is 0 Å². The zero-order valence-corrected chi connectivity index (χ0v) is 8.10. The van der Waals surface area contributed by atoms with Crippen molar-refractivity contribution in [2.45, 2.75) is 39.5 Å². The standard InChI is InChI=1S/C11H18O/c1-4-7-8-9-10(5-2)11(12)6-3/h4,9H,1,5-8H2,2-3H3/b10-9+. The number of unbranched alkanes of at least 4 members (excludes halogenated alkanes) is 1. The molecule has 0 unspecified atom stereocenters. The normalized spacial score (nSPS) is 11.3. The number of hydrogen-bond acceptors (Lipinski definition) is 1. The van der Waals surface area contributed by atoms with Gasteiger partial charge in [-0.1, -0.05) is 26.0 Å². The van der Waals surface area contributed by atoms with Gasteiger partial charge in [0.1, 0.15) is 0 Å². The van der Waals surface area contributed by atoms with Crippen LogP contribution in [0, 0.1) is 0 Å². The van der Waals surface area contributed by atoms with Crippen LogP contribution in [0.3, 0.4) is 0 Å². The Bertz CT molecular complexity index is 177. The molecule has 0 spiro atoms. The van der Waals surface area contributed by atoms with Gasteiger partial charge in [-0.15, -0.1) is 6.58 Å². The first-order valence-corrected chi connectivity index (χ1v) is 4.59. The van der Waals surface area contributed by atoms with Crippen molar-refractivity contribution < 1.29 is 4.79 Å². The molecule has 0 aliphatic heterocycles. The van der Waals surface area contributed by atoms with E-state index in [-0.39, 0.29) is 5.78 Å². The Morgan fingerprint density at radius 1 is 1.25 bits per heavy atom. The van der Waals surface area contributed by atoms with E-state index in [2.05, 4.69) is 6.58 Å². The van der Waals surface area contributed by atoms with Crippen molar-refractivity contribution in [2.24, 2.45) is 0 Å². The first-order chi connectivity index (χ1) is 5.76. The van der Waals surface area contributed by atoms with Crippen molar-refractivity contribution in [1.82, 2.24) is 0 Å². The van der Waals surface area contributed by atoms with Crippen LogP contribution in [-0.4, -0.2) is 5.78 Å². The molecule has 0 aromatic carbocycles. The van der Waals surface area contributed by atoms with Crippen molar-refractivity contribution in [1.29, 1.82) is 0 Å². The summed E-state index contributed by atoms with van der Waals surface area (Å²) in [6, 6.07) is 0. The summed E-state index contributed by atoms with van der Waals surface area (Å²) in [6.45, 7) is 7.56. The van der Waals surface area contributed by atoms with Gasteiger partial charge in [0.05, 0.1) is 0 Å². The highest BCUT2D eigenvalue weighted by atomic mass is 16.1. The van der Waals surface area contributed by atoms with Crippen molar-refractivity contribution >= 4 is 5.78 Å². The quantitative estimate of drug-likeness (QED) is 0.336. The monoisotopic (exact) mass is 166 g/mol. The molecule has 0 radical (unpaired) electrons. The number of ketones is 1. The largest absolute Gasteiger partial charge is 0.295 e. The molecule has 0 rings (SSSR count). The lowest BCUT2D eigenvalue weighted by atomic mass is 10.0. The predicted octanol–water partition coefficient (Wildman–Crippen LogP) is 3.27. The minimum Gasteiger partial charge on any atom is -0.295 e. The molecule has 0 saturated heterocycles. The van der Waals surface area contributed by atoms with Gasteiger partial charge in [0.25, 0.3) is 0 Å². The number of rotatable bonds is 6. The zero-order valence-electron chi connectivity index (χ0n) is 8.10. The van der Waals surface area contributed by atoms with E-state index in [0.717, 1.165) is 24.8 Å². The van der Waals surface area contributed by atoms with Gasteiger partial charge in [0.2, 0.25) is 0 Å². The van der Waals surface area contributed by atoms with Crippen LogP contribution in [-0.2, 0) is 4.79 Å². The highest BCUT2D eigenvalue weighted by molar-refractivity contribution is 5.94. The van der Waals surface area contributed by atoms with Gasteiger partial charge in [-0.05, 0) is 24.8 Å². The van der Waals surface area contributed by atoms with E-state index in [1.807, 2.05) is 26.0 Å². The number of hydrogen-bond donors (Lipinski definition) is 0. The molecule has 12 heavy (non-hydrogen) atoms. The highest BCUT2D eigenvalue weighted by Gasteiger charge is 2.02. The summed E-state index contributed by atoms with van der Waals surface area (Å²) >= 11 is 0. The molecule has 0 heterocycles. The molecule has 0 aliphatic carbocycles. The Morgan fingerprint density at radius 3 is 2.33 bits per heavy atom. The van der Waals surface area contributed by atoms with Gasteiger partial charge in [0.15, 0.2) is 5.78 Å². The van der Waals surface area contributed by atoms with E-state index in [1.165, 1.54) is 0 Å². The maximum Gasteiger partial charge on any atom is 0.158 e. The summed E-state index contributed by atoms with van der Waals surface area (Å²) in [5, 5.41) is 0. The molecule has 0 bridgehead atoms. The topological polar surface area (TPSA) is 17.1 Å². The van der Waals surface area contributed by atoms with Gasteiger partial charge in [-0.3, -0.25) is 4.79 Å². The summed E-state index contributed by atoms with van der Waals surface area (Å²) in [5.74, 6) is 0.279. The minimum absolute atomic E-state index is 0.279. The summed E-state index contributed by atoms with van der Waals surface area (Å²) in [6.07, 6.45) is 7.28. The third-order valence-corrected chi connectivity index (χ3v) is 1.82. The summed E-state index contributed by atoms with van der Waals surface area (Å²) in [7, 11) is 0. The van der Waals surface area contributed by atoms with Crippen LogP contribution in [0.1, 0.15) is 39.5 Å². The van der Waals surface area contributed by atoms with E-state index >= 15 is 0 Å². The Kier molecular flexibility index (Phi) is 6.35. The van der Waals surface area contributed by atoms with Crippen LogP contribution in [0.4, 0.5) is 0 Å². The smallest absolute Gasteiger partial charge is 0.158 e. The summed E-state index contributed by atoms with van der Waals surface area (Å²) < 4.78 is 0. The van der Waals surface area contributed by atoms with E-state index in [1.54, 1.807) is 0 Å². The molecule has 0 aromatic rings. The fraction of sp³-hybridized carbons (Fsp3) is 0.545. The molecule has 0 atom stereocenters. The Balaban J connectivity index is 4.03. The van der Waals surface area contributed by atoms with Crippen LogP contribution >= 0.6 is 0 Å². The lowest BCUT2D eigenvalue weighted by Crippen LogP contribution is -1.98. The molecular formula is C11H18O. The average molecular weight is 166 g/mol. The molecule has 0 N–H and O–H groups in total. The molecule has 0 aliphatic rings. The molecule has 1 nitrogen and oxygen atoms in total. The Morgan fingerprint density at radius 2 is 1.92 bits per heavy atom. The highest BCUT2D eigenvalue weighted by Crippen LogP contribution is 2.07. The van der Waals surface area contributed by atoms with Crippen molar-refractivity contribution in [3.05, 3.63) is 24.3 Å². The van der Waals surface area contributed by atoms with Crippen molar-refractivity contribution in [3.63, 3.8) is 0 Å². The van der Waals surface area contributed by atoms with E-state index in [4.69, 9.17) is 0 Å². The maximum absolute atomic E-state index is 11.2. The first-order valence-electron chi connectivity index (χ1n) is 4.59. The number of Topliss-reactive ketones (excluding diaryl/α,β-unsaturated/α-hetero) is 1. The van der Waals surface area contributed by atoms with Gasteiger partial charge >= 0.3 is 0 Å². The summed E-state index contributed by atoms with van der Waals surface area (Å²) in [5.41, 5.74) is 0.972. The van der Waals surface area contributed by atoms with Crippen LogP contribution in [0.2, 0.25) is 0 Å². The molecule has 0 fully saturated rings.